The number of urea groups is 1. The Morgan fingerprint density at radius 3 is 2.48 bits per heavy atom. The van der Waals surface area contributed by atoms with E-state index in [1.165, 1.54) is 18.0 Å². The zero-order chi connectivity index (χ0) is 18.0. The lowest BCUT2D eigenvalue weighted by Gasteiger charge is -2.30. The largest absolute Gasteiger partial charge is 0.407 e. The van der Waals surface area contributed by atoms with Crippen LogP contribution in [-0.2, 0) is 4.79 Å². The Morgan fingerprint density at radius 1 is 1.12 bits per heavy atom. The Labute approximate surface area is 143 Å². The van der Waals surface area contributed by atoms with Crippen molar-refractivity contribution in [1.29, 1.82) is 0 Å². The lowest BCUT2D eigenvalue weighted by Crippen LogP contribution is -2.62. The van der Waals surface area contributed by atoms with E-state index in [0.29, 0.717) is 17.5 Å². The van der Waals surface area contributed by atoms with Crippen molar-refractivity contribution >= 4 is 23.7 Å². The second-order valence-corrected chi connectivity index (χ2v) is 6.24. The maximum Gasteiger partial charge on any atom is 0.407 e. The van der Waals surface area contributed by atoms with E-state index in [2.05, 4.69) is 4.99 Å². The number of aromatic nitrogens is 2. The molecule has 0 aliphatic carbocycles. The Balaban J connectivity index is 2.00. The monoisotopic (exact) mass is 342 g/mol. The highest BCUT2D eigenvalue weighted by atomic mass is 19.1. The molecule has 3 amide bonds. The molecule has 0 N–H and O–H groups in total. The highest BCUT2D eigenvalue weighted by Crippen LogP contribution is 2.33. The van der Waals surface area contributed by atoms with Crippen LogP contribution in [0.1, 0.15) is 17.4 Å². The van der Waals surface area contributed by atoms with Crippen LogP contribution < -0.4 is 4.57 Å². The summed E-state index contributed by atoms with van der Waals surface area (Å²) < 4.78 is 17.8. The maximum atomic E-state index is 14.4. The standard InChI is InChI=1S/C17H17FN5O2/c1-9-10(2)23-13-14(20(3)17(25)21(4)15(13)24)19-16(23)22(9)12-8-6-5-7-11(12)18/h5-8,13H,1-4H3/q+1. The molecule has 1 unspecified atom stereocenters. The number of carbonyl (C=O) groups is 2. The molecule has 2 aliphatic heterocycles. The number of nitrogens with zero attached hydrogens (tertiary/aromatic N) is 5. The SMILES string of the molecule is Cc1c(C)[n+]2c(n1-c1ccccc1F)N=C1C2C(=O)N(C)C(=O)N1C. The van der Waals surface area contributed by atoms with Gasteiger partial charge in [-0.3, -0.25) is 14.6 Å². The van der Waals surface area contributed by atoms with Crippen molar-refractivity contribution in [3.8, 4) is 5.69 Å². The van der Waals surface area contributed by atoms with Crippen molar-refractivity contribution in [3.05, 3.63) is 41.5 Å². The van der Waals surface area contributed by atoms with Crippen LogP contribution in [0.2, 0.25) is 0 Å². The van der Waals surface area contributed by atoms with Crippen LogP contribution in [0.3, 0.4) is 0 Å². The summed E-state index contributed by atoms with van der Waals surface area (Å²) in [6.07, 6.45) is 0. The molecule has 25 heavy (non-hydrogen) atoms. The van der Waals surface area contributed by atoms with Gasteiger partial charge in [0.25, 0.3) is 5.91 Å². The van der Waals surface area contributed by atoms with Gasteiger partial charge in [0.2, 0.25) is 11.9 Å². The van der Waals surface area contributed by atoms with E-state index in [4.69, 9.17) is 0 Å². The summed E-state index contributed by atoms with van der Waals surface area (Å²) in [5.74, 6) is 0.0611. The second kappa shape index (κ2) is 4.98. The predicted octanol–water partition coefficient (Wildman–Crippen LogP) is 1.63. The molecule has 0 spiro atoms. The Bertz CT molecular complexity index is 978. The van der Waals surface area contributed by atoms with Crippen LogP contribution in [0.25, 0.3) is 5.69 Å². The van der Waals surface area contributed by atoms with E-state index in [1.807, 2.05) is 13.8 Å². The molecule has 1 atom stereocenters. The van der Waals surface area contributed by atoms with Crippen molar-refractivity contribution in [2.45, 2.75) is 19.9 Å². The first-order valence-electron chi connectivity index (χ1n) is 7.86. The third-order valence-corrected chi connectivity index (χ3v) is 4.93. The molecule has 1 fully saturated rings. The summed E-state index contributed by atoms with van der Waals surface area (Å²) >= 11 is 0. The van der Waals surface area contributed by atoms with Crippen LogP contribution in [0, 0.1) is 19.7 Å². The number of hydrogen-bond donors (Lipinski definition) is 0. The van der Waals surface area contributed by atoms with Crippen LogP contribution in [0.5, 0.6) is 0 Å². The number of aliphatic imine (C=N–C) groups is 1. The summed E-state index contributed by atoms with van der Waals surface area (Å²) in [6, 6.07) is 5.26. The van der Waals surface area contributed by atoms with E-state index in [1.54, 1.807) is 34.4 Å². The number of likely N-dealkylation sites (N-methyl/N-ethyl adjacent to an activating group) is 2. The summed E-state index contributed by atoms with van der Waals surface area (Å²) in [7, 11) is 3.03. The topological polar surface area (TPSA) is 61.8 Å². The number of amides is 3. The van der Waals surface area contributed by atoms with Gasteiger partial charge in [0.05, 0.1) is 0 Å². The lowest BCUT2D eigenvalue weighted by atomic mass is 10.1. The highest BCUT2D eigenvalue weighted by molar-refractivity contribution is 6.18. The highest BCUT2D eigenvalue weighted by Gasteiger charge is 2.53. The minimum absolute atomic E-state index is 0.348. The third kappa shape index (κ3) is 1.84. The molecule has 1 aromatic heterocycles. The molecule has 1 aromatic carbocycles. The van der Waals surface area contributed by atoms with Crippen LogP contribution in [0.15, 0.2) is 29.3 Å². The van der Waals surface area contributed by atoms with E-state index in [9.17, 15) is 14.0 Å². The van der Waals surface area contributed by atoms with Crippen molar-refractivity contribution < 1.29 is 18.5 Å². The lowest BCUT2D eigenvalue weighted by molar-refractivity contribution is -0.682. The molecule has 7 nitrogen and oxygen atoms in total. The van der Waals surface area contributed by atoms with Gasteiger partial charge in [0.1, 0.15) is 17.1 Å². The smallest absolute Gasteiger partial charge is 0.270 e. The molecule has 0 saturated carbocycles. The number of halogens is 1. The number of imide groups is 1. The van der Waals surface area contributed by atoms with Gasteiger partial charge < -0.3 is 0 Å². The van der Waals surface area contributed by atoms with Gasteiger partial charge in [0, 0.05) is 14.1 Å². The summed E-state index contributed by atoms with van der Waals surface area (Å²) in [5, 5.41) is 0. The molecule has 3 heterocycles. The first kappa shape index (κ1) is 15.5. The summed E-state index contributed by atoms with van der Waals surface area (Å²) in [5.41, 5.74) is 1.94. The molecule has 4 rings (SSSR count). The van der Waals surface area contributed by atoms with Gasteiger partial charge in [-0.1, -0.05) is 17.1 Å². The number of fused-ring (bicyclic) bond motifs is 3. The molecule has 128 valence electrons. The van der Waals surface area contributed by atoms with Crippen molar-refractivity contribution in [2.24, 2.45) is 4.99 Å². The van der Waals surface area contributed by atoms with Gasteiger partial charge in [-0.2, -0.15) is 4.57 Å². The number of carbonyl (C=O) groups excluding carboxylic acids is 2. The number of imidazole rings is 1. The van der Waals surface area contributed by atoms with Gasteiger partial charge in [-0.15, -0.1) is 0 Å². The first-order valence-corrected chi connectivity index (χ1v) is 7.86. The third-order valence-electron chi connectivity index (χ3n) is 4.93. The normalized spacial score (nSPS) is 19.2. The van der Waals surface area contributed by atoms with Crippen LogP contribution >= 0.6 is 0 Å². The second-order valence-electron chi connectivity index (χ2n) is 6.24. The van der Waals surface area contributed by atoms with Gasteiger partial charge >= 0.3 is 12.0 Å². The average Bonchev–Trinajstić information content (AvgIpc) is 3.09. The number of hydrogen-bond acceptors (Lipinski definition) is 3. The number of rotatable bonds is 1. The molecule has 2 aliphatic rings. The number of benzene rings is 1. The predicted molar refractivity (Wildman–Crippen MR) is 87.5 cm³/mol. The molecule has 2 aromatic rings. The molecular weight excluding hydrogens is 325 g/mol. The minimum atomic E-state index is -0.713. The van der Waals surface area contributed by atoms with E-state index in [-0.39, 0.29) is 11.7 Å². The Morgan fingerprint density at radius 2 is 1.80 bits per heavy atom. The van der Waals surface area contributed by atoms with E-state index in [0.717, 1.165) is 16.3 Å². The van der Waals surface area contributed by atoms with Crippen molar-refractivity contribution in [3.63, 3.8) is 0 Å². The number of para-hydroxylation sites is 1. The Kier molecular flexibility index (Phi) is 3.09. The zero-order valence-corrected chi connectivity index (χ0v) is 14.3. The maximum absolute atomic E-state index is 14.4. The molecule has 8 heteroatoms. The molecular formula is C17H17FN5O2+. The van der Waals surface area contributed by atoms with E-state index < -0.39 is 12.1 Å². The van der Waals surface area contributed by atoms with Gasteiger partial charge in [-0.25, -0.2) is 13.8 Å². The fraction of sp³-hybridized carbons (Fsp3) is 0.294. The molecule has 1 saturated heterocycles. The fourth-order valence-electron chi connectivity index (χ4n) is 3.44. The number of amidine groups is 1. The van der Waals surface area contributed by atoms with Crippen molar-refractivity contribution in [1.82, 2.24) is 14.4 Å². The fourth-order valence-corrected chi connectivity index (χ4v) is 3.44. The van der Waals surface area contributed by atoms with Crippen LogP contribution in [0.4, 0.5) is 15.1 Å². The van der Waals surface area contributed by atoms with Crippen LogP contribution in [-0.4, -0.2) is 46.2 Å². The minimum Gasteiger partial charge on any atom is -0.270 e. The van der Waals surface area contributed by atoms with Gasteiger partial charge in [-0.05, 0) is 26.0 Å². The van der Waals surface area contributed by atoms with Crippen molar-refractivity contribution in [2.75, 3.05) is 14.1 Å². The summed E-state index contributed by atoms with van der Waals surface area (Å²) in [4.78, 5) is 31.8. The van der Waals surface area contributed by atoms with E-state index >= 15 is 0 Å². The average molecular weight is 342 g/mol. The Hall–Kier alpha value is -3.03. The molecule has 0 radical (unpaired) electrons. The van der Waals surface area contributed by atoms with Gasteiger partial charge in [0.15, 0.2) is 5.82 Å². The summed E-state index contributed by atoms with van der Waals surface area (Å²) in [6.45, 7) is 3.71. The molecule has 0 bridgehead atoms. The zero-order valence-electron chi connectivity index (χ0n) is 14.3. The first-order chi connectivity index (χ1) is 11.8. The quantitative estimate of drug-likeness (QED) is 0.740.